The molecule has 1 aliphatic heterocycles. The second kappa shape index (κ2) is 5.98. The molecule has 118 valence electrons. The molecule has 1 heterocycles. The number of carbonyl (C=O) groups excluding carboxylic acids is 2. The molecule has 3 rings (SSSR count). The van der Waals surface area contributed by atoms with E-state index in [1.54, 1.807) is 0 Å². The molecule has 1 N–H and O–H groups in total. The van der Waals surface area contributed by atoms with Gasteiger partial charge >= 0.3 is 0 Å². The van der Waals surface area contributed by atoms with Crippen LogP contribution in [0.4, 0.5) is 0 Å². The smallest absolute Gasteiger partial charge is 0.246 e. The Hall–Kier alpha value is -1.06. The monoisotopic (exact) mass is 292 g/mol. The van der Waals surface area contributed by atoms with Gasteiger partial charge in [0, 0.05) is 6.04 Å². The van der Waals surface area contributed by atoms with Gasteiger partial charge in [0.1, 0.15) is 12.1 Å². The zero-order chi connectivity index (χ0) is 15.0. The predicted octanol–water partition coefficient (Wildman–Crippen LogP) is 2.47. The van der Waals surface area contributed by atoms with Crippen molar-refractivity contribution in [3.8, 4) is 0 Å². The number of nitrogens with one attached hydrogen (secondary N) is 1. The molecule has 2 aliphatic carbocycles. The van der Waals surface area contributed by atoms with Gasteiger partial charge in [0.05, 0.1) is 0 Å². The maximum absolute atomic E-state index is 12.9. The largest absolute Gasteiger partial charge is 0.342 e. The van der Waals surface area contributed by atoms with E-state index in [-0.39, 0.29) is 29.9 Å². The number of nitrogens with zero attached hydrogens (tertiary/aromatic N) is 1. The Morgan fingerprint density at radius 2 is 1.81 bits per heavy atom. The van der Waals surface area contributed by atoms with Crippen LogP contribution in [0.1, 0.15) is 65.2 Å². The molecule has 0 bridgehead atoms. The van der Waals surface area contributed by atoms with E-state index in [4.69, 9.17) is 0 Å². The highest BCUT2D eigenvalue weighted by molar-refractivity contribution is 5.97. The van der Waals surface area contributed by atoms with E-state index < -0.39 is 0 Å². The van der Waals surface area contributed by atoms with Gasteiger partial charge in [-0.05, 0) is 50.9 Å². The van der Waals surface area contributed by atoms with Crippen LogP contribution >= 0.6 is 0 Å². The normalized spacial score (nSPS) is 33.0. The van der Waals surface area contributed by atoms with Crippen LogP contribution in [0.15, 0.2) is 0 Å². The molecule has 3 aliphatic rings. The van der Waals surface area contributed by atoms with Gasteiger partial charge in [-0.1, -0.05) is 26.2 Å². The van der Waals surface area contributed by atoms with Gasteiger partial charge in [-0.25, -0.2) is 0 Å². The number of rotatable bonds is 4. The third-order valence-corrected chi connectivity index (χ3v) is 5.71. The van der Waals surface area contributed by atoms with Gasteiger partial charge in [-0.3, -0.25) is 9.59 Å². The van der Waals surface area contributed by atoms with E-state index in [0.717, 1.165) is 12.8 Å². The fourth-order valence-corrected chi connectivity index (χ4v) is 4.21. The Morgan fingerprint density at radius 1 is 1.14 bits per heavy atom. The van der Waals surface area contributed by atoms with Crippen molar-refractivity contribution in [2.75, 3.05) is 0 Å². The lowest BCUT2D eigenvalue weighted by atomic mass is 9.82. The van der Waals surface area contributed by atoms with Gasteiger partial charge < -0.3 is 10.2 Å². The number of carbonyl (C=O) groups is 2. The zero-order valence-electron chi connectivity index (χ0n) is 13.3. The van der Waals surface area contributed by atoms with Crippen LogP contribution < -0.4 is 5.32 Å². The van der Waals surface area contributed by atoms with Crippen molar-refractivity contribution in [2.45, 2.75) is 83.3 Å². The number of amides is 2. The molecule has 3 unspecified atom stereocenters. The summed E-state index contributed by atoms with van der Waals surface area (Å²) < 4.78 is 0. The molecule has 0 aromatic heterocycles. The number of hydrogen-bond donors (Lipinski definition) is 1. The maximum atomic E-state index is 12.9. The summed E-state index contributed by atoms with van der Waals surface area (Å²) in [5, 5.41) is 2.99. The van der Waals surface area contributed by atoms with Crippen LogP contribution in [-0.2, 0) is 9.59 Å². The second-order valence-corrected chi connectivity index (χ2v) is 7.13. The highest BCUT2D eigenvalue weighted by Gasteiger charge is 2.48. The average molecular weight is 292 g/mol. The van der Waals surface area contributed by atoms with Gasteiger partial charge in [0.2, 0.25) is 11.8 Å². The molecule has 1 saturated heterocycles. The van der Waals surface area contributed by atoms with Gasteiger partial charge in [0.25, 0.3) is 0 Å². The first-order chi connectivity index (χ1) is 10.1. The third-order valence-electron chi connectivity index (χ3n) is 5.71. The lowest BCUT2D eigenvalue weighted by Gasteiger charge is -2.45. The van der Waals surface area contributed by atoms with Crippen molar-refractivity contribution in [1.82, 2.24) is 10.2 Å². The zero-order valence-corrected chi connectivity index (χ0v) is 13.3. The Kier molecular flexibility index (Phi) is 4.23. The highest BCUT2D eigenvalue weighted by atomic mass is 16.2. The molecular formula is C17H28N2O2. The van der Waals surface area contributed by atoms with E-state index in [1.165, 1.54) is 32.1 Å². The van der Waals surface area contributed by atoms with E-state index in [1.807, 2.05) is 11.8 Å². The van der Waals surface area contributed by atoms with E-state index in [9.17, 15) is 9.59 Å². The van der Waals surface area contributed by atoms with E-state index >= 15 is 0 Å². The molecule has 0 aromatic rings. The van der Waals surface area contributed by atoms with Crippen molar-refractivity contribution in [2.24, 2.45) is 11.8 Å². The second-order valence-electron chi connectivity index (χ2n) is 7.13. The molecule has 21 heavy (non-hydrogen) atoms. The quantitative estimate of drug-likeness (QED) is 0.865. The molecule has 3 atom stereocenters. The standard InChI is InChI=1S/C17H28N2O2/c1-3-14-16(20)18-15(13-9-10-13)17(21)19(14)11(2)12-7-5-4-6-8-12/h11-15H,3-10H2,1-2H3,(H,18,20). The molecule has 3 fully saturated rings. The first-order valence-corrected chi connectivity index (χ1v) is 8.76. The Balaban J connectivity index is 1.79. The molecule has 0 aromatic carbocycles. The van der Waals surface area contributed by atoms with Crippen LogP contribution in [0.2, 0.25) is 0 Å². The molecule has 2 saturated carbocycles. The summed E-state index contributed by atoms with van der Waals surface area (Å²) in [4.78, 5) is 27.3. The first-order valence-electron chi connectivity index (χ1n) is 8.76. The molecule has 0 spiro atoms. The van der Waals surface area contributed by atoms with E-state index in [2.05, 4.69) is 12.2 Å². The summed E-state index contributed by atoms with van der Waals surface area (Å²) in [6.45, 7) is 4.18. The fraction of sp³-hybridized carbons (Fsp3) is 0.882. The SMILES string of the molecule is CCC1C(=O)NC(C2CC2)C(=O)N1C(C)C1CCCCC1. The van der Waals surface area contributed by atoms with Gasteiger partial charge in [-0.15, -0.1) is 0 Å². The average Bonchev–Trinajstić information content (AvgIpc) is 3.33. The summed E-state index contributed by atoms with van der Waals surface area (Å²) in [5.41, 5.74) is 0. The van der Waals surface area contributed by atoms with Crippen LogP contribution in [0.3, 0.4) is 0 Å². The summed E-state index contributed by atoms with van der Waals surface area (Å²) in [7, 11) is 0. The summed E-state index contributed by atoms with van der Waals surface area (Å²) in [6, 6.07) is -0.300. The predicted molar refractivity (Wildman–Crippen MR) is 81.6 cm³/mol. The molecule has 2 amide bonds. The molecule has 4 nitrogen and oxygen atoms in total. The van der Waals surface area contributed by atoms with Crippen molar-refractivity contribution < 1.29 is 9.59 Å². The van der Waals surface area contributed by atoms with E-state index in [0.29, 0.717) is 18.3 Å². The Morgan fingerprint density at radius 3 is 2.38 bits per heavy atom. The molecule has 0 radical (unpaired) electrons. The van der Waals surface area contributed by atoms with Gasteiger partial charge in [-0.2, -0.15) is 0 Å². The fourth-order valence-electron chi connectivity index (χ4n) is 4.21. The van der Waals surface area contributed by atoms with Gasteiger partial charge in [0.15, 0.2) is 0 Å². The van der Waals surface area contributed by atoms with Crippen LogP contribution in [0, 0.1) is 11.8 Å². The Bertz CT molecular complexity index is 413. The minimum Gasteiger partial charge on any atom is -0.342 e. The summed E-state index contributed by atoms with van der Waals surface area (Å²) in [6.07, 6.45) is 9.15. The third kappa shape index (κ3) is 2.82. The maximum Gasteiger partial charge on any atom is 0.246 e. The molecule has 4 heteroatoms. The first kappa shape index (κ1) is 14.9. The lowest BCUT2D eigenvalue weighted by molar-refractivity contribution is -0.154. The number of hydrogen-bond acceptors (Lipinski definition) is 2. The van der Waals surface area contributed by atoms with Crippen LogP contribution in [0.5, 0.6) is 0 Å². The molecular weight excluding hydrogens is 264 g/mol. The summed E-state index contributed by atoms with van der Waals surface area (Å²) >= 11 is 0. The number of piperazine rings is 1. The summed E-state index contributed by atoms with van der Waals surface area (Å²) in [5.74, 6) is 1.21. The van der Waals surface area contributed by atoms with Crippen molar-refractivity contribution in [1.29, 1.82) is 0 Å². The van der Waals surface area contributed by atoms with Crippen LogP contribution in [0.25, 0.3) is 0 Å². The topological polar surface area (TPSA) is 49.4 Å². The van der Waals surface area contributed by atoms with Crippen molar-refractivity contribution >= 4 is 11.8 Å². The minimum absolute atomic E-state index is 0.0664. The van der Waals surface area contributed by atoms with Crippen molar-refractivity contribution in [3.63, 3.8) is 0 Å². The van der Waals surface area contributed by atoms with Crippen molar-refractivity contribution in [3.05, 3.63) is 0 Å². The lowest BCUT2D eigenvalue weighted by Crippen LogP contribution is -2.66. The minimum atomic E-state index is -0.260. The van der Waals surface area contributed by atoms with Crippen LogP contribution in [-0.4, -0.2) is 34.8 Å². The Labute approximate surface area is 127 Å². The highest BCUT2D eigenvalue weighted by Crippen LogP contribution is 2.37.